The molecule has 124 valence electrons. The molecule has 0 radical (unpaired) electrons. The predicted octanol–water partition coefficient (Wildman–Crippen LogP) is 6.19. The first-order chi connectivity index (χ1) is 12.1. The number of hydrogen-bond acceptors (Lipinski definition) is 4. The van der Waals surface area contributed by atoms with Crippen molar-refractivity contribution in [2.45, 2.75) is 0 Å². The fourth-order valence-corrected chi connectivity index (χ4v) is 5.24. The lowest BCUT2D eigenvalue weighted by Gasteiger charge is -1.96. The van der Waals surface area contributed by atoms with E-state index in [2.05, 4.69) is 10.5 Å². The van der Waals surface area contributed by atoms with E-state index in [1.165, 1.54) is 22.7 Å². The number of hydrazone groups is 1. The number of fused-ring (bicyclic) bond motifs is 2. The second-order valence-corrected chi connectivity index (χ2v) is 8.11. The average Bonchev–Trinajstić information content (AvgIpc) is 3.14. The maximum Gasteiger partial charge on any atom is 0.283 e. The van der Waals surface area contributed by atoms with Crippen LogP contribution in [-0.4, -0.2) is 12.1 Å². The summed E-state index contributed by atoms with van der Waals surface area (Å²) >= 11 is 15.5. The number of benzene rings is 2. The summed E-state index contributed by atoms with van der Waals surface area (Å²) in [5.74, 6) is -0.334. The van der Waals surface area contributed by atoms with Crippen molar-refractivity contribution in [2.24, 2.45) is 5.10 Å². The molecule has 2 aromatic carbocycles. The van der Waals surface area contributed by atoms with Gasteiger partial charge in [0.2, 0.25) is 0 Å². The van der Waals surface area contributed by atoms with Crippen LogP contribution in [0.3, 0.4) is 0 Å². The average molecular weight is 405 g/mol. The molecule has 2 heterocycles. The summed E-state index contributed by atoms with van der Waals surface area (Å²) in [6.07, 6.45) is 1.56. The monoisotopic (exact) mass is 404 g/mol. The van der Waals surface area contributed by atoms with Crippen LogP contribution >= 0.6 is 45.9 Å². The van der Waals surface area contributed by atoms with E-state index in [-0.39, 0.29) is 5.91 Å². The Morgan fingerprint density at radius 2 is 1.52 bits per heavy atom. The van der Waals surface area contributed by atoms with Crippen molar-refractivity contribution in [3.05, 3.63) is 68.3 Å². The molecule has 0 bridgehead atoms. The number of nitrogens with zero attached hydrogens (tertiary/aromatic N) is 1. The molecule has 3 nitrogen and oxygen atoms in total. The van der Waals surface area contributed by atoms with Gasteiger partial charge < -0.3 is 0 Å². The molecular formula is C18H10Cl2N2OS2. The molecule has 0 fully saturated rings. The van der Waals surface area contributed by atoms with Crippen LogP contribution in [0.15, 0.2) is 53.6 Å². The summed E-state index contributed by atoms with van der Waals surface area (Å²) in [7, 11) is 0. The first-order valence-corrected chi connectivity index (χ1v) is 9.71. The van der Waals surface area contributed by atoms with Gasteiger partial charge in [-0.05, 0) is 12.1 Å². The lowest BCUT2D eigenvalue weighted by atomic mass is 10.2. The topological polar surface area (TPSA) is 41.5 Å². The summed E-state index contributed by atoms with van der Waals surface area (Å²) in [5.41, 5.74) is 2.53. The van der Waals surface area contributed by atoms with Gasteiger partial charge in [0, 0.05) is 20.2 Å². The summed E-state index contributed by atoms with van der Waals surface area (Å²) in [4.78, 5) is 13.6. The van der Waals surface area contributed by atoms with Crippen molar-refractivity contribution in [3.8, 4) is 0 Å². The Labute approximate surface area is 161 Å². The highest BCUT2D eigenvalue weighted by Gasteiger charge is 2.16. The minimum Gasteiger partial charge on any atom is -0.266 e. The van der Waals surface area contributed by atoms with Gasteiger partial charge in [-0.15, -0.1) is 22.7 Å². The summed E-state index contributed by atoms with van der Waals surface area (Å²) in [6.45, 7) is 0. The SMILES string of the molecule is O=C(NN=Cc1sc2ccccc2c1Cl)c1sc2ccccc2c1Cl. The van der Waals surface area contributed by atoms with E-state index in [1.54, 1.807) is 6.21 Å². The first-order valence-electron chi connectivity index (χ1n) is 7.32. The summed E-state index contributed by atoms with van der Waals surface area (Å²) < 4.78 is 2.04. The number of thiophene rings is 2. The molecule has 0 aliphatic carbocycles. The first kappa shape index (κ1) is 16.5. The molecule has 0 atom stereocenters. The molecular weight excluding hydrogens is 395 g/mol. The fraction of sp³-hybridized carbons (Fsp3) is 0. The molecule has 0 unspecified atom stereocenters. The van der Waals surface area contributed by atoms with Gasteiger partial charge in [-0.1, -0.05) is 59.6 Å². The number of carbonyl (C=O) groups is 1. The largest absolute Gasteiger partial charge is 0.283 e. The van der Waals surface area contributed by atoms with Gasteiger partial charge >= 0.3 is 0 Å². The molecule has 7 heteroatoms. The van der Waals surface area contributed by atoms with E-state index >= 15 is 0 Å². The molecule has 4 rings (SSSR count). The van der Waals surface area contributed by atoms with E-state index in [9.17, 15) is 4.79 Å². The molecule has 0 spiro atoms. The molecule has 1 N–H and O–H groups in total. The molecule has 0 saturated carbocycles. The summed E-state index contributed by atoms with van der Waals surface area (Å²) in [5, 5.41) is 6.98. The Morgan fingerprint density at radius 1 is 0.920 bits per heavy atom. The van der Waals surface area contributed by atoms with Crippen molar-refractivity contribution in [2.75, 3.05) is 0 Å². The fourth-order valence-electron chi connectivity index (χ4n) is 2.48. The van der Waals surface area contributed by atoms with Gasteiger partial charge in [-0.2, -0.15) is 5.10 Å². The minimum atomic E-state index is -0.334. The predicted molar refractivity (Wildman–Crippen MR) is 109 cm³/mol. The van der Waals surface area contributed by atoms with E-state index in [0.29, 0.717) is 14.9 Å². The van der Waals surface area contributed by atoms with Crippen LogP contribution in [0.2, 0.25) is 10.0 Å². The van der Waals surface area contributed by atoms with Gasteiger partial charge in [0.25, 0.3) is 5.91 Å². The Balaban J connectivity index is 1.57. The standard InChI is InChI=1S/C18H10Cl2N2OS2/c19-15-10-5-1-3-7-12(10)24-14(15)9-21-22-18(23)17-16(20)11-6-2-4-8-13(11)25-17/h1-9H,(H,22,23). The molecule has 2 aromatic heterocycles. The van der Waals surface area contributed by atoms with Crippen molar-refractivity contribution >= 4 is 78.2 Å². The normalized spacial score (nSPS) is 11.6. The Kier molecular flexibility index (Phi) is 4.48. The Bertz CT molecular complexity index is 1130. The molecule has 4 aromatic rings. The number of carbonyl (C=O) groups excluding carboxylic acids is 1. The van der Waals surface area contributed by atoms with Crippen LogP contribution < -0.4 is 5.43 Å². The van der Waals surface area contributed by atoms with Crippen molar-refractivity contribution < 1.29 is 4.79 Å². The van der Waals surface area contributed by atoms with Gasteiger partial charge in [-0.3, -0.25) is 4.79 Å². The lowest BCUT2D eigenvalue weighted by Crippen LogP contribution is -2.16. The van der Waals surface area contributed by atoms with Crippen LogP contribution in [-0.2, 0) is 0 Å². The van der Waals surface area contributed by atoms with Crippen molar-refractivity contribution in [1.29, 1.82) is 0 Å². The van der Waals surface area contributed by atoms with Crippen LogP contribution in [0.4, 0.5) is 0 Å². The maximum atomic E-state index is 12.4. The summed E-state index contributed by atoms with van der Waals surface area (Å²) in [6, 6.07) is 15.5. The van der Waals surface area contributed by atoms with Crippen molar-refractivity contribution in [3.63, 3.8) is 0 Å². The highest BCUT2D eigenvalue weighted by Crippen LogP contribution is 2.35. The van der Waals surface area contributed by atoms with Gasteiger partial charge in [0.1, 0.15) is 4.88 Å². The Hall–Kier alpha value is -1.92. The lowest BCUT2D eigenvalue weighted by molar-refractivity contribution is 0.0959. The molecule has 0 aliphatic rings. The molecule has 1 amide bonds. The molecule has 25 heavy (non-hydrogen) atoms. The van der Waals surface area contributed by atoms with Crippen LogP contribution in [0.1, 0.15) is 14.5 Å². The van der Waals surface area contributed by atoms with E-state index in [4.69, 9.17) is 23.2 Å². The highest BCUT2D eigenvalue weighted by molar-refractivity contribution is 7.22. The number of amides is 1. The zero-order valence-corrected chi connectivity index (χ0v) is 15.8. The quantitative estimate of drug-likeness (QED) is 0.321. The van der Waals surface area contributed by atoms with Crippen LogP contribution in [0, 0.1) is 0 Å². The molecule has 0 aliphatic heterocycles. The van der Waals surface area contributed by atoms with Gasteiger partial charge in [0.05, 0.1) is 21.1 Å². The second kappa shape index (κ2) is 6.77. The van der Waals surface area contributed by atoms with E-state index in [0.717, 1.165) is 25.0 Å². The molecule has 0 saturated heterocycles. The number of halogens is 2. The highest BCUT2D eigenvalue weighted by atomic mass is 35.5. The van der Waals surface area contributed by atoms with Crippen LogP contribution in [0.25, 0.3) is 20.2 Å². The number of rotatable bonds is 3. The van der Waals surface area contributed by atoms with Gasteiger partial charge in [-0.25, -0.2) is 5.43 Å². The van der Waals surface area contributed by atoms with E-state index < -0.39 is 0 Å². The van der Waals surface area contributed by atoms with E-state index in [1.807, 2.05) is 48.5 Å². The minimum absolute atomic E-state index is 0.334. The zero-order chi connectivity index (χ0) is 17.4. The smallest absolute Gasteiger partial charge is 0.266 e. The third-order valence-electron chi connectivity index (χ3n) is 3.65. The number of hydrogen-bond donors (Lipinski definition) is 1. The third-order valence-corrected chi connectivity index (χ3v) is 6.95. The third kappa shape index (κ3) is 3.04. The Morgan fingerprint density at radius 3 is 2.16 bits per heavy atom. The maximum absolute atomic E-state index is 12.4. The van der Waals surface area contributed by atoms with Gasteiger partial charge in [0.15, 0.2) is 0 Å². The second-order valence-electron chi connectivity index (χ2n) is 5.22. The zero-order valence-electron chi connectivity index (χ0n) is 12.6. The number of nitrogens with one attached hydrogen (secondary N) is 1. The van der Waals surface area contributed by atoms with Crippen molar-refractivity contribution in [1.82, 2.24) is 5.43 Å². The van der Waals surface area contributed by atoms with Crippen LogP contribution in [0.5, 0.6) is 0 Å².